The van der Waals surface area contributed by atoms with Crippen molar-refractivity contribution in [3.8, 4) is 5.75 Å². The number of phenols is 1. The normalized spacial score (nSPS) is 47.1. The number of fused-ring (bicyclic) bond motifs is 3. The summed E-state index contributed by atoms with van der Waals surface area (Å²) in [5, 5.41) is 21.3. The summed E-state index contributed by atoms with van der Waals surface area (Å²) in [6.45, 7) is 0. The molecule has 0 aromatic heterocycles. The Hall–Kier alpha value is -0.580. The molecule has 4 rings (SSSR count). The van der Waals surface area contributed by atoms with Crippen LogP contribution in [0.25, 0.3) is 0 Å². The molecule has 2 nitrogen and oxygen atoms in total. The zero-order chi connectivity index (χ0) is 11.0. The lowest BCUT2D eigenvalue weighted by Crippen LogP contribution is -2.31. The predicted octanol–water partition coefficient (Wildman–Crippen LogP) is 2.08. The highest BCUT2D eigenvalue weighted by molar-refractivity contribution is 8.14. The Kier molecular flexibility index (Phi) is 1.55. The van der Waals surface area contributed by atoms with Gasteiger partial charge in [-0.2, -0.15) is 0 Å². The van der Waals surface area contributed by atoms with Gasteiger partial charge in [0.2, 0.25) is 0 Å². The number of hydrogen-bond donors (Lipinski definition) is 2. The minimum atomic E-state index is -0.698. The quantitative estimate of drug-likeness (QED) is 0.591. The van der Waals surface area contributed by atoms with Gasteiger partial charge in [0.1, 0.15) is 15.4 Å². The van der Waals surface area contributed by atoms with E-state index in [1.165, 1.54) is 0 Å². The Morgan fingerprint density at radius 1 is 1.25 bits per heavy atom. The molecule has 1 aromatic rings. The van der Waals surface area contributed by atoms with Crippen LogP contribution in [0.2, 0.25) is 0 Å². The van der Waals surface area contributed by atoms with Crippen LogP contribution in [-0.2, 0) is 4.75 Å². The highest BCUT2D eigenvalue weighted by Gasteiger charge is 2.79. The van der Waals surface area contributed by atoms with Gasteiger partial charge in [-0.1, -0.05) is 30.4 Å². The molecule has 2 fully saturated rings. The van der Waals surface area contributed by atoms with E-state index in [-0.39, 0.29) is 5.75 Å². The minimum Gasteiger partial charge on any atom is -0.508 e. The maximum absolute atomic E-state index is 10.6. The molecule has 0 spiro atoms. The average molecular weight is 250 g/mol. The number of hydrogen-bond acceptors (Lipinski definition) is 4. The van der Waals surface area contributed by atoms with E-state index in [2.05, 4.69) is 12.2 Å². The van der Waals surface area contributed by atoms with Crippen LogP contribution in [0.5, 0.6) is 5.75 Å². The van der Waals surface area contributed by atoms with Gasteiger partial charge >= 0.3 is 0 Å². The van der Waals surface area contributed by atoms with Crippen molar-refractivity contribution in [3.63, 3.8) is 0 Å². The fourth-order valence-electron chi connectivity index (χ4n) is 2.58. The molecule has 4 atom stereocenters. The number of para-hydroxylation sites is 1. The van der Waals surface area contributed by atoms with E-state index in [4.69, 9.17) is 0 Å². The molecule has 0 bridgehead atoms. The summed E-state index contributed by atoms with van der Waals surface area (Å²) < 4.78 is -0.400. The fourth-order valence-corrected chi connectivity index (χ4v) is 5.57. The summed E-state index contributed by atoms with van der Waals surface area (Å²) in [6.07, 6.45) is 4.23. The number of phenolic OH excluding ortho intramolecular Hbond substituents is 1. The van der Waals surface area contributed by atoms with Crippen LogP contribution in [0.4, 0.5) is 0 Å². The lowest BCUT2D eigenvalue weighted by molar-refractivity contribution is 0.153. The summed E-state index contributed by atoms with van der Waals surface area (Å²) in [5.74, 6) is 0.277. The first kappa shape index (κ1) is 9.45. The standard InChI is InChI=1S/C12H10O2S2/c13-8-4-2-1-3-7(8)11-6-5-9-10(15-9)12(11,14)16-11/h1-6,9-10,13-14H. The lowest BCUT2D eigenvalue weighted by Gasteiger charge is -2.19. The molecule has 1 aliphatic carbocycles. The molecule has 2 saturated heterocycles. The van der Waals surface area contributed by atoms with Crippen molar-refractivity contribution < 1.29 is 10.2 Å². The summed E-state index contributed by atoms with van der Waals surface area (Å²) >= 11 is 3.36. The second-order valence-electron chi connectivity index (χ2n) is 4.43. The van der Waals surface area contributed by atoms with E-state index in [9.17, 15) is 10.2 Å². The van der Waals surface area contributed by atoms with E-state index < -0.39 is 9.68 Å². The molecule has 4 heteroatoms. The first-order chi connectivity index (χ1) is 7.67. The second kappa shape index (κ2) is 2.63. The van der Waals surface area contributed by atoms with Crippen molar-refractivity contribution >= 4 is 23.5 Å². The van der Waals surface area contributed by atoms with Gasteiger partial charge in [0.05, 0.1) is 5.25 Å². The van der Waals surface area contributed by atoms with Crippen molar-refractivity contribution in [2.45, 2.75) is 20.2 Å². The van der Waals surface area contributed by atoms with Crippen LogP contribution < -0.4 is 0 Å². The summed E-state index contributed by atoms with van der Waals surface area (Å²) in [5.41, 5.74) is 0.838. The monoisotopic (exact) mass is 250 g/mol. The minimum absolute atomic E-state index is 0.277. The summed E-state index contributed by atoms with van der Waals surface area (Å²) in [6, 6.07) is 7.30. The van der Waals surface area contributed by atoms with Gasteiger partial charge in [-0.15, -0.1) is 23.5 Å². The van der Waals surface area contributed by atoms with E-state index in [1.807, 2.05) is 30.0 Å². The first-order valence-corrected chi connectivity index (χ1v) is 6.99. The predicted molar refractivity (Wildman–Crippen MR) is 66.6 cm³/mol. The van der Waals surface area contributed by atoms with Crippen molar-refractivity contribution in [2.75, 3.05) is 0 Å². The number of benzene rings is 1. The van der Waals surface area contributed by atoms with Crippen LogP contribution in [0, 0.1) is 0 Å². The molecule has 2 aliphatic heterocycles. The molecule has 16 heavy (non-hydrogen) atoms. The van der Waals surface area contributed by atoms with Gasteiger partial charge < -0.3 is 10.2 Å². The van der Waals surface area contributed by atoms with E-state index in [0.717, 1.165) is 5.56 Å². The maximum Gasteiger partial charge on any atom is 0.147 e. The van der Waals surface area contributed by atoms with Crippen LogP contribution >= 0.6 is 23.5 Å². The molecule has 1 aromatic carbocycles. The van der Waals surface area contributed by atoms with Crippen LogP contribution in [-0.4, -0.2) is 25.6 Å². The third-order valence-corrected chi connectivity index (χ3v) is 6.72. The topological polar surface area (TPSA) is 40.5 Å². The lowest BCUT2D eigenvalue weighted by atomic mass is 9.86. The van der Waals surface area contributed by atoms with Gasteiger partial charge in [-0.05, 0) is 6.07 Å². The zero-order valence-corrected chi connectivity index (χ0v) is 9.96. The average Bonchev–Trinajstić information content (AvgIpc) is 3.10. The van der Waals surface area contributed by atoms with E-state index in [1.54, 1.807) is 17.8 Å². The Balaban J connectivity index is 1.88. The van der Waals surface area contributed by atoms with Gasteiger partial charge in [0.15, 0.2) is 0 Å². The highest BCUT2D eigenvalue weighted by atomic mass is 32.2. The Morgan fingerprint density at radius 2 is 2.06 bits per heavy atom. The molecule has 4 unspecified atom stereocenters. The zero-order valence-electron chi connectivity index (χ0n) is 8.33. The van der Waals surface area contributed by atoms with Crippen molar-refractivity contribution in [1.29, 1.82) is 0 Å². The van der Waals surface area contributed by atoms with Gasteiger partial charge in [0.25, 0.3) is 0 Å². The van der Waals surface area contributed by atoms with E-state index >= 15 is 0 Å². The maximum atomic E-state index is 10.6. The Bertz CT molecular complexity index is 515. The van der Waals surface area contributed by atoms with Crippen LogP contribution in [0.3, 0.4) is 0 Å². The smallest absolute Gasteiger partial charge is 0.147 e. The van der Waals surface area contributed by atoms with Gasteiger partial charge in [-0.3, -0.25) is 0 Å². The Labute approximate surface area is 102 Å². The third kappa shape index (κ3) is 0.921. The fraction of sp³-hybridized carbons (Fsp3) is 0.333. The first-order valence-electron chi connectivity index (χ1n) is 5.23. The summed E-state index contributed by atoms with van der Waals surface area (Å²) in [4.78, 5) is -0.698. The van der Waals surface area contributed by atoms with Gasteiger partial charge in [0, 0.05) is 10.8 Å². The van der Waals surface area contributed by atoms with Gasteiger partial charge in [-0.25, -0.2) is 0 Å². The number of aromatic hydroxyl groups is 1. The molecule has 3 aliphatic rings. The molecule has 0 amide bonds. The molecule has 0 radical (unpaired) electrons. The highest BCUT2D eigenvalue weighted by Crippen LogP contribution is 2.80. The SMILES string of the molecule is Oc1ccccc1C12C=CC3SC3C1(O)S2. The third-order valence-electron chi connectivity index (χ3n) is 3.54. The van der Waals surface area contributed by atoms with Crippen molar-refractivity contribution in [3.05, 3.63) is 42.0 Å². The largest absolute Gasteiger partial charge is 0.508 e. The molecular weight excluding hydrogens is 240 g/mol. The summed E-state index contributed by atoms with van der Waals surface area (Å²) in [7, 11) is 0. The van der Waals surface area contributed by atoms with Crippen molar-refractivity contribution in [2.24, 2.45) is 0 Å². The number of rotatable bonds is 1. The van der Waals surface area contributed by atoms with E-state index in [0.29, 0.717) is 10.5 Å². The molecule has 82 valence electrons. The molecule has 2 heterocycles. The molecule has 0 saturated carbocycles. The number of thioether (sulfide) groups is 2. The van der Waals surface area contributed by atoms with Crippen LogP contribution in [0.15, 0.2) is 36.4 Å². The molecule has 2 N–H and O–H groups in total. The molecular formula is C12H10O2S2. The van der Waals surface area contributed by atoms with Crippen molar-refractivity contribution in [1.82, 2.24) is 0 Å². The Morgan fingerprint density at radius 3 is 2.88 bits per heavy atom. The number of aliphatic hydroxyl groups is 1. The van der Waals surface area contributed by atoms with Crippen LogP contribution in [0.1, 0.15) is 5.56 Å². The second-order valence-corrected chi connectivity index (χ2v) is 7.23.